The number of hydrogen-bond acceptors (Lipinski definition) is 4. The second-order valence-corrected chi connectivity index (χ2v) is 9.31. The number of benzene rings is 3. The third-order valence-electron chi connectivity index (χ3n) is 5.76. The molecule has 1 aromatic heterocycles. The van der Waals surface area contributed by atoms with E-state index in [1.807, 2.05) is 48.5 Å². The summed E-state index contributed by atoms with van der Waals surface area (Å²) < 4.78 is 14.4. The van der Waals surface area contributed by atoms with Gasteiger partial charge in [-0.2, -0.15) is 0 Å². The first kappa shape index (κ1) is 23.5. The van der Waals surface area contributed by atoms with E-state index < -0.39 is 0 Å². The van der Waals surface area contributed by atoms with E-state index in [1.54, 1.807) is 53.7 Å². The van der Waals surface area contributed by atoms with Crippen molar-refractivity contribution in [2.75, 3.05) is 4.90 Å². The minimum absolute atomic E-state index is 0.135. The summed E-state index contributed by atoms with van der Waals surface area (Å²) in [6.45, 7) is 0.525. The smallest absolute Gasteiger partial charge is 0.265 e. The Morgan fingerprint density at radius 1 is 0.972 bits per heavy atom. The lowest BCUT2D eigenvalue weighted by Gasteiger charge is -2.30. The Bertz CT molecular complexity index is 1440. The Hall–Kier alpha value is -4.23. The highest BCUT2D eigenvalue weighted by Crippen LogP contribution is 2.42. The molecular formula is C29H22FN3O2S. The summed E-state index contributed by atoms with van der Waals surface area (Å²) in [4.78, 5) is 33.1. The van der Waals surface area contributed by atoms with Crippen molar-refractivity contribution < 1.29 is 14.0 Å². The molecule has 0 saturated carbocycles. The van der Waals surface area contributed by atoms with Crippen molar-refractivity contribution in [3.63, 3.8) is 0 Å². The average Bonchev–Trinajstić information content (AvgIpc) is 2.91. The molecule has 0 atom stereocenters. The van der Waals surface area contributed by atoms with E-state index in [2.05, 4.69) is 10.3 Å². The van der Waals surface area contributed by atoms with Crippen molar-refractivity contribution in [2.24, 2.45) is 0 Å². The zero-order valence-electron chi connectivity index (χ0n) is 19.2. The number of para-hydroxylation sites is 1. The SMILES string of the molecule is O=C(NCc1cccnc1)c1ccc(/C=C2\Sc3ccccc3N(Cc3ccccc3F)C2=O)cc1. The van der Waals surface area contributed by atoms with Crippen LogP contribution in [0, 0.1) is 5.82 Å². The number of thioether (sulfide) groups is 1. The molecule has 1 aliphatic rings. The number of carbonyl (C=O) groups is 2. The molecule has 1 N–H and O–H groups in total. The largest absolute Gasteiger partial charge is 0.348 e. The lowest BCUT2D eigenvalue weighted by atomic mass is 10.1. The van der Waals surface area contributed by atoms with Crippen LogP contribution in [-0.4, -0.2) is 16.8 Å². The highest BCUT2D eigenvalue weighted by Gasteiger charge is 2.29. The van der Waals surface area contributed by atoms with Crippen LogP contribution in [0.5, 0.6) is 0 Å². The van der Waals surface area contributed by atoms with Gasteiger partial charge < -0.3 is 10.2 Å². The van der Waals surface area contributed by atoms with Gasteiger partial charge >= 0.3 is 0 Å². The quantitative estimate of drug-likeness (QED) is 0.342. The number of fused-ring (bicyclic) bond motifs is 1. The number of halogens is 1. The van der Waals surface area contributed by atoms with E-state index in [0.29, 0.717) is 22.6 Å². The second-order valence-electron chi connectivity index (χ2n) is 8.23. The number of anilines is 1. The molecule has 2 heterocycles. The lowest BCUT2D eigenvalue weighted by Crippen LogP contribution is -2.34. The third-order valence-corrected chi connectivity index (χ3v) is 6.84. The minimum Gasteiger partial charge on any atom is -0.348 e. The fourth-order valence-corrected chi connectivity index (χ4v) is 4.94. The van der Waals surface area contributed by atoms with Gasteiger partial charge in [-0.15, -0.1) is 0 Å². The van der Waals surface area contributed by atoms with Gasteiger partial charge in [-0.1, -0.05) is 60.3 Å². The molecule has 0 spiro atoms. The number of carbonyl (C=O) groups excluding carboxylic acids is 2. The first-order chi connectivity index (χ1) is 17.6. The van der Waals surface area contributed by atoms with E-state index in [1.165, 1.54) is 17.8 Å². The van der Waals surface area contributed by atoms with Gasteiger partial charge in [-0.25, -0.2) is 4.39 Å². The van der Waals surface area contributed by atoms with Crippen LogP contribution in [0.25, 0.3) is 6.08 Å². The predicted octanol–water partition coefficient (Wildman–Crippen LogP) is 5.83. The summed E-state index contributed by atoms with van der Waals surface area (Å²) in [5, 5.41) is 2.88. The number of nitrogens with one attached hydrogen (secondary N) is 1. The van der Waals surface area contributed by atoms with E-state index in [4.69, 9.17) is 0 Å². The molecule has 1 aliphatic heterocycles. The van der Waals surface area contributed by atoms with Crippen molar-refractivity contribution in [3.8, 4) is 0 Å². The van der Waals surface area contributed by atoms with Crippen LogP contribution in [-0.2, 0) is 17.9 Å². The Labute approximate surface area is 212 Å². The van der Waals surface area contributed by atoms with Crippen molar-refractivity contribution >= 4 is 35.3 Å². The van der Waals surface area contributed by atoms with Crippen LogP contribution in [0.3, 0.4) is 0 Å². The fraction of sp³-hybridized carbons (Fsp3) is 0.0690. The van der Waals surface area contributed by atoms with Crippen LogP contribution in [0.1, 0.15) is 27.0 Å². The van der Waals surface area contributed by atoms with E-state index in [0.717, 1.165) is 21.7 Å². The number of aromatic nitrogens is 1. The summed E-state index contributed by atoms with van der Waals surface area (Å²) in [6.07, 6.45) is 5.20. The first-order valence-electron chi connectivity index (χ1n) is 11.4. The number of pyridine rings is 1. The highest BCUT2D eigenvalue weighted by molar-refractivity contribution is 8.04. The lowest BCUT2D eigenvalue weighted by molar-refractivity contribution is -0.114. The summed E-state index contributed by atoms with van der Waals surface area (Å²) in [5.74, 6) is -0.727. The second kappa shape index (κ2) is 10.6. The highest BCUT2D eigenvalue weighted by atomic mass is 32.2. The molecule has 36 heavy (non-hydrogen) atoms. The van der Waals surface area contributed by atoms with Crippen molar-refractivity contribution in [1.82, 2.24) is 10.3 Å². The summed E-state index contributed by atoms with van der Waals surface area (Å²) in [7, 11) is 0. The van der Waals surface area contributed by atoms with Crippen LogP contribution in [0.15, 0.2) is 107 Å². The molecule has 0 unspecified atom stereocenters. The van der Waals surface area contributed by atoms with Gasteiger partial charge in [0.25, 0.3) is 11.8 Å². The molecule has 0 bridgehead atoms. The van der Waals surface area contributed by atoms with Crippen molar-refractivity contribution in [1.29, 1.82) is 0 Å². The summed E-state index contributed by atoms with van der Waals surface area (Å²) in [5.41, 5.74) is 3.44. The number of nitrogens with zero attached hydrogens (tertiary/aromatic N) is 2. The normalized spacial score (nSPS) is 14.0. The fourth-order valence-electron chi connectivity index (χ4n) is 3.89. The standard InChI is InChI=1S/C29H22FN3O2S/c30-24-8-2-1-7-23(24)19-33-25-9-3-4-10-26(25)36-27(29(33)35)16-20-11-13-22(14-12-20)28(34)32-18-21-6-5-15-31-17-21/h1-17H,18-19H2,(H,32,34)/b27-16-. The van der Waals surface area contributed by atoms with Crippen LogP contribution >= 0.6 is 11.8 Å². The van der Waals surface area contributed by atoms with Crippen molar-refractivity contribution in [2.45, 2.75) is 18.0 Å². The van der Waals surface area contributed by atoms with Gasteiger partial charge in [0.1, 0.15) is 5.82 Å². The molecule has 0 aliphatic carbocycles. The molecule has 7 heteroatoms. The predicted molar refractivity (Wildman–Crippen MR) is 140 cm³/mol. The van der Waals surface area contributed by atoms with Crippen molar-refractivity contribution in [3.05, 3.63) is 130 Å². The zero-order valence-corrected chi connectivity index (χ0v) is 20.0. The third kappa shape index (κ3) is 5.21. The molecular weight excluding hydrogens is 473 g/mol. The Balaban J connectivity index is 1.35. The van der Waals surface area contributed by atoms with Gasteiger partial charge in [0, 0.05) is 35.0 Å². The number of hydrogen-bond donors (Lipinski definition) is 1. The molecule has 178 valence electrons. The summed E-state index contributed by atoms with van der Waals surface area (Å²) in [6, 6.07) is 24.9. The zero-order chi connectivity index (χ0) is 24.9. The maximum absolute atomic E-state index is 14.4. The average molecular weight is 496 g/mol. The Morgan fingerprint density at radius 3 is 2.53 bits per heavy atom. The van der Waals surface area contributed by atoms with Crippen LogP contribution < -0.4 is 10.2 Å². The van der Waals surface area contributed by atoms with Gasteiger partial charge in [0.2, 0.25) is 0 Å². The number of rotatable bonds is 6. The first-order valence-corrected chi connectivity index (χ1v) is 12.2. The Kier molecular flexibility index (Phi) is 6.91. The Morgan fingerprint density at radius 2 is 1.75 bits per heavy atom. The van der Waals surface area contributed by atoms with Gasteiger partial charge in [-0.05, 0) is 53.6 Å². The molecule has 3 aromatic carbocycles. The van der Waals surface area contributed by atoms with E-state index in [9.17, 15) is 14.0 Å². The van der Waals surface area contributed by atoms with Crippen LogP contribution in [0.2, 0.25) is 0 Å². The molecule has 2 amide bonds. The van der Waals surface area contributed by atoms with Gasteiger partial charge in [0.05, 0.1) is 17.1 Å². The minimum atomic E-state index is -0.344. The summed E-state index contributed by atoms with van der Waals surface area (Å²) >= 11 is 1.39. The molecule has 0 saturated heterocycles. The molecule has 4 aromatic rings. The molecule has 5 nitrogen and oxygen atoms in total. The maximum atomic E-state index is 14.4. The van der Waals surface area contributed by atoms with Gasteiger partial charge in [0.15, 0.2) is 0 Å². The maximum Gasteiger partial charge on any atom is 0.265 e. The number of amides is 2. The van der Waals surface area contributed by atoms with Crippen LogP contribution in [0.4, 0.5) is 10.1 Å². The van der Waals surface area contributed by atoms with E-state index >= 15 is 0 Å². The molecule has 0 fully saturated rings. The molecule has 5 rings (SSSR count). The monoisotopic (exact) mass is 495 g/mol. The van der Waals surface area contributed by atoms with Gasteiger partial charge in [-0.3, -0.25) is 14.6 Å². The molecule has 0 radical (unpaired) electrons. The topological polar surface area (TPSA) is 62.3 Å². The van der Waals surface area contributed by atoms with E-state index in [-0.39, 0.29) is 24.2 Å².